The topological polar surface area (TPSA) is 72.9 Å². The van der Waals surface area contributed by atoms with Crippen molar-refractivity contribution in [3.63, 3.8) is 0 Å². The van der Waals surface area contributed by atoms with E-state index in [2.05, 4.69) is 13.8 Å². The first-order chi connectivity index (χ1) is 13.4. The molecule has 1 aliphatic carbocycles. The van der Waals surface area contributed by atoms with Crippen LogP contribution in [0.2, 0.25) is 0 Å². The number of likely N-dealkylation sites (tertiary alicyclic amines) is 1. The summed E-state index contributed by atoms with van der Waals surface area (Å²) in [5.41, 5.74) is 0.461. The maximum Gasteiger partial charge on any atom is 0.311 e. The van der Waals surface area contributed by atoms with Crippen molar-refractivity contribution in [3.05, 3.63) is 29.8 Å². The Kier molecular flexibility index (Phi) is 6.37. The van der Waals surface area contributed by atoms with Gasteiger partial charge < -0.3 is 14.4 Å². The summed E-state index contributed by atoms with van der Waals surface area (Å²) in [4.78, 5) is 39.0. The summed E-state index contributed by atoms with van der Waals surface area (Å²) in [6.45, 7) is 4.51. The molecule has 0 spiro atoms. The molecular weight excluding hydrogens is 358 g/mol. The number of methoxy groups -OCH3 is 1. The third-order valence-corrected chi connectivity index (χ3v) is 6.31. The van der Waals surface area contributed by atoms with E-state index in [0.29, 0.717) is 29.7 Å². The number of esters is 1. The summed E-state index contributed by atoms with van der Waals surface area (Å²) < 4.78 is 10.3. The number of hydrogen-bond donors (Lipinski definition) is 0. The second kappa shape index (κ2) is 8.76. The summed E-state index contributed by atoms with van der Waals surface area (Å²) in [5.74, 6) is 0.476. The molecular formula is C22H29NO5. The third-order valence-electron chi connectivity index (χ3n) is 6.31. The van der Waals surface area contributed by atoms with Crippen molar-refractivity contribution in [2.24, 2.45) is 17.8 Å². The molecule has 1 aromatic rings. The van der Waals surface area contributed by atoms with Crippen molar-refractivity contribution in [1.82, 2.24) is 4.90 Å². The highest BCUT2D eigenvalue weighted by atomic mass is 16.5. The van der Waals surface area contributed by atoms with E-state index in [0.717, 1.165) is 12.8 Å². The number of ketones is 1. The molecule has 6 nitrogen and oxygen atoms in total. The molecule has 2 fully saturated rings. The van der Waals surface area contributed by atoms with E-state index < -0.39 is 11.9 Å². The lowest BCUT2D eigenvalue weighted by Gasteiger charge is -2.39. The van der Waals surface area contributed by atoms with Gasteiger partial charge in [0.05, 0.1) is 13.0 Å². The van der Waals surface area contributed by atoms with Crippen LogP contribution >= 0.6 is 0 Å². The molecule has 3 rings (SSSR count). The molecule has 0 N–H and O–H groups in total. The van der Waals surface area contributed by atoms with E-state index in [9.17, 15) is 14.4 Å². The van der Waals surface area contributed by atoms with Crippen molar-refractivity contribution in [3.8, 4) is 5.75 Å². The fourth-order valence-corrected chi connectivity index (χ4v) is 4.32. The van der Waals surface area contributed by atoms with Crippen molar-refractivity contribution >= 4 is 17.7 Å². The largest absolute Gasteiger partial charge is 0.497 e. The minimum absolute atomic E-state index is 0.0226. The van der Waals surface area contributed by atoms with Crippen molar-refractivity contribution in [2.45, 2.75) is 45.6 Å². The Bertz CT molecular complexity index is 729. The molecule has 28 heavy (non-hydrogen) atoms. The van der Waals surface area contributed by atoms with Gasteiger partial charge in [0.15, 0.2) is 12.4 Å². The van der Waals surface area contributed by atoms with Crippen LogP contribution in [0.5, 0.6) is 5.75 Å². The van der Waals surface area contributed by atoms with E-state index >= 15 is 0 Å². The number of nitrogens with zero attached hydrogens (tertiary/aromatic N) is 1. The minimum Gasteiger partial charge on any atom is -0.497 e. The normalized spacial score (nSPS) is 27.5. The molecule has 2 aliphatic rings. The summed E-state index contributed by atoms with van der Waals surface area (Å²) in [7, 11) is 1.56. The van der Waals surface area contributed by atoms with Crippen LogP contribution in [-0.2, 0) is 14.3 Å². The smallest absolute Gasteiger partial charge is 0.311 e. The first-order valence-corrected chi connectivity index (χ1v) is 10.0. The van der Waals surface area contributed by atoms with Crippen molar-refractivity contribution < 1.29 is 23.9 Å². The van der Waals surface area contributed by atoms with Gasteiger partial charge in [0.2, 0.25) is 5.91 Å². The number of benzene rings is 1. The quantitative estimate of drug-likeness (QED) is 0.554. The van der Waals surface area contributed by atoms with Gasteiger partial charge in [-0.2, -0.15) is 0 Å². The standard InChI is InChI=1S/C22H29NO5/c1-14-5-4-6-19(15(14)2)23-12-17(11-21(23)25)22(26)28-13-20(24)16-7-9-18(27-3)10-8-16/h7-10,14-15,17,19H,4-6,11-13H2,1-3H3/t14-,15-,17-,19-/m1/s1. The number of carbonyl (C=O) groups excluding carboxylic acids is 3. The fourth-order valence-electron chi connectivity index (χ4n) is 4.32. The van der Waals surface area contributed by atoms with Crippen LogP contribution in [0.4, 0.5) is 0 Å². The number of hydrogen-bond acceptors (Lipinski definition) is 5. The predicted octanol–water partition coefficient (Wildman–Crippen LogP) is 3.09. The van der Waals surface area contributed by atoms with Gasteiger partial charge in [0.25, 0.3) is 0 Å². The first-order valence-electron chi connectivity index (χ1n) is 10.0. The molecule has 4 atom stereocenters. The van der Waals surface area contributed by atoms with Gasteiger partial charge >= 0.3 is 5.97 Å². The SMILES string of the molecule is COc1ccc(C(=O)COC(=O)[C@@H]2CC(=O)N([C@@H]3CCC[C@@H](C)[C@H]3C)C2)cc1. The van der Waals surface area contributed by atoms with Crippen molar-refractivity contribution in [2.75, 3.05) is 20.3 Å². The Morgan fingerprint density at radius 3 is 2.54 bits per heavy atom. The molecule has 1 saturated heterocycles. The van der Waals surface area contributed by atoms with Gasteiger partial charge in [-0.3, -0.25) is 14.4 Å². The molecule has 0 radical (unpaired) electrons. The van der Waals surface area contributed by atoms with Crippen LogP contribution in [0, 0.1) is 17.8 Å². The summed E-state index contributed by atoms with van der Waals surface area (Å²) in [6.07, 6.45) is 3.48. The zero-order valence-corrected chi connectivity index (χ0v) is 16.8. The number of amides is 1. The summed E-state index contributed by atoms with van der Waals surface area (Å²) in [5, 5.41) is 0. The van der Waals surface area contributed by atoms with Crippen LogP contribution in [-0.4, -0.2) is 48.9 Å². The maximum atomic E-state index is 12.5. The minimum atomic E-state index is -0.486. The number of carbonyl (C=O) groups is 3. The Balaban J connectivity index is 1.53. The number of Topliss-reactive ketones (excluding diaryl/α,β-unsaturated/α-hetero) is 1. The van der Waals surface area contributed by atoms with Crippen LogP contribution in [0.1, 0.15) is 49.9 Å². The lowest BCUT2D eigenvalue weighted by molar-refractivity contribution is -0.147. The molecule has 0 bridgehead atoms. The zero-order chi connectivity index (χ0) is 20.3. The maximum absolute atomic E-state index is 12.5. The molecule has 6 heteroatoms. The van der Waals surface area contributed by atoms with Crippen LogP contribution in [0.25, 0.3) is 0 Å². The van der Waals surface area contributed by atoms with Gasteiger partial charge in [-0.25, -0.2) is 0 Å². The van der Waals surface area contributed by atoms with Gasteiger partial charge in [-0.05, 0) is 42.5 Å². The predicted molar refractivity (Wildman–Crippen MR) is 104 cm³/mol. The highest BCUT2D eigenvalue weighted by Gasteiger charge is 2.42. The van der Waals surface area contributed by atoms with Gasteiger partial charge in [0, 0.05) is 24.6 Å². The van der Waals surface area contributed by atoms with E-state index in [4.69, 9.17) is 9.47 Å². The summed E-state index contributed by atoms with van der Waals surface area (Å²) in [6, 6.07) is 6.86. The van der Waals surface area contributed by atoms with Gasteiger partial charge in [-0.1, -0.05) is 26.7 Å². The Labute approximate surface area is 166 Å². The zero-order valence-electron chi connectivity index (χ0n) is 16.8. The van der Waals surface area contributed by atoms with Crippen LogP contribution in [0.3, 0.4) is 0 Å². The molecule has 1 aromatic carbocycles. The highest BCUT2D eigenvalue weighted by Crippen LogP contribution is 2.35. The molecule has 0 aromatic heterocycles. The Morgan fingerprint density at radius 2 is 1.86 bits per heavy atom. The monoisotopic (exact) mass is 387 g/mol. The lowest BCUT2D eigenvalue weighted by atomic mass is 9.77. The van der Waals surface area contributed by atoms with Crippen LogP contribution in [0.15, 0.2) is 24.3 Å². The molecule has 1 aliphatic heterocycles. The summed E-state index contributed by atoms with van der Waals surface area (Å²) >= 11 is 0. The average molecular weight is 387 g/mol. The first kappa shape index (κ1) is 20.4. The highest BCUT2D eigenvalue weighted by molar-refractivity contribution is 5.98. The Hall–Kier alpha value is -2.37. The van der Waals surface area contributed by atoms with Gasteiger partial charge in [-0.15, -0.1) is 0 Å². The molecule has 1 amide bonds. The third kappa shape index (κ3) is 4.37. The Morgan fingerprint density at radius 1 is 1.14 bits per heavy atom. The number of rotatable bonds is 6. The molecule has 1 heterocycles. The number of ether oxygens (including phenoxy) is 2. The van der Waals surface area contributed by atoms with E-state index in [1.165, 1.54) is 6.42 Å². The molecule has 152 valence electrons. The van der Waals surface area contributed by atoms with Gasteiger partial charge in [0.1, 0.15) is 5.75 Å². The fraction of sp³-hybridized carbons (Fsp3) is 0.591. The van der Waals surface area contributed by atoms with Crippen LogP contribution < -0.4 is 4.74 Å². The molecule has 1 saturated carbocycles. The van der Waals surface area contributed by atoms with Crippen molar-refractivity contribution in [1.29, 1.82) is 0 Å². The second-order valence-electron chi connectivity index (χ2n) is 8.04. The van der Waals surface area contributed by atoms with E-state index in [-0.39, 0.29) is 30.8 Å². The van der Waals surface area contributed by atoms with E-state index in [1.54, 1.807) is 31.4 Å². The lowest BCUT2D eigenvalue weighted by Crippen LogP contribution is -2.45. The van der Waals surface area contributed by atoms with E-state index in [1.807, 2.05) is 4.90 Å². The average Bonchev–Trinajstić information content (AvgIpc) is 3.09. The second-order valence-corrected chi connectivity index (χ2v) is 8.04. The molecule has 0 unspecified atom stereocenters.